The first-order valence-electron chi connectivity index (χ1n) is 7.70. The topological polar surface area (TPSA) is 25.4 Å². The molecule has 112 valence electrons. The smallest absolute Gasteiger partial charge is 0.123 e. The molecule has 0 spiro atoms. The van der Waals surface area contributed by atoms with Crippen LogP contribution in [0.4, 0.5) is 0 Å². The zero-order chi connectivity index (χ0) is 14.5. The van der Waals surface area contributed by atoms with Crippen LogP contribution < -0.4 is 4.74 Å². The number of hydrogen-bond acceptors (Lipinski definition) is 4. The first-order chi connectivity index (χ1) is 10.3. The number of hydrogen-bond donors (Lipinski definition) is 0. The molecule has 4 heteroatoms. The van der Waals surface area contributed by atoms with Crippen LogP contribution in [0.5, 0.6) is 5.75 Å². The number of rotatable bonds is 6. The Labute approximate surface area is 130 Å². The Morgan fingerprint density at radius 2 is 2.19 bits per heavy atom. The van der Waals surface area contributed by atoms with Gasteiger partial charge in [0, 0.05) is 29.7 Å². The van der Waals surface area contributed by atoms with Gasteiger partial charge in [0.25, 0.3) is 0 Å². The van der Waals surface area contributed by atoms with Crippen molar-refractivity contribution in [1.29, 1.82) is 0 Å². The highest BCUT2D eigenvalue weighted by atomic mass is 32.1. The summed E-state index contributed by atoms with van der Waals surface area (Å²) in [5.74, 6) is 0.949. The zero-order valence-electron chi connectivity index (χ0n) is 12.5. The molecule has 1 fully saturated rings. The predicted molar refractivity (Wildman–Crippen MR) is 87.9 cm³/mol. The summed E-state index contributed by atoms with van der Waals surface area (Å²) < 4.78 is 5.83. The molecule has 0 radical (unpaired) electrons. The fourth-order valence-electron chi connectivity index (χ4n) is 2.84. The van der Waals surface area contributed by atoms with Crippen LogP contribution in [-0.2, 0) is 0 Å². The molecular formula is C17H22N2OS. The van der Waals surface area contributed by atoms with Crippen molar-refractivity contribution in [1.82, 2.24) is 9.88 Å². The minimum absolute atomic E-state index is 0.752. The summed E-state index contributed by atoms with van der Waals surface area (Å²) in [6, 6.07) is 8.99. The Kier molecular flexibility index (Phi) is 4.88. The third-order valence-corrected chi connectivity index (χ3v) is 4.90. The molecule has 1 unspecified atom stereocenters. The number of ether oxygens (including phenoxy) is 1. The molecule has 21 heavy (non-hydrogen) atoms. The number of benzene rings is 1. The van der Waals surface area contributed by atoms with Crippen LogP contribution in [-0.4, -0.2) is 35.6 Å². The minimum atomic E-state index is 0.752. The van der Waals surface area contributed by atoms with Gasteiger partial charge in [-0.1, -0.05) is 0 Å². The van der Waals surface area contributed by atoms with Crippen LogP contribution in [0, 0.1) is 0 Å². The largest absolute Gasteiger partial charge is 0.494 e. The van der Waals surface area contributed by atoms with Gasteiger partial charge in [0.2, 0.25) is 0 Å². The molecule has 0 amide bonds. The van der Waals surface area contributed by atoms with E-state index in [1.165, 1.54) is 19.4 Å². The Balaban J connectivity index is 1.43. The molecule has 1 atom stereocenters. The third-order valence-electron chi connectivity index (χ3n) is 4.08. The highest BCUT2D eigenvalue weighted by molar-refractivity contribution is 7.13. The van der Waals surface area contributed by atoms with Crippen molar-refractivity contribution >= 4 is 11.3 Å². The fourth-order valence-corrected chi connectivity index (χ4v) is 3.49. The van der Waals surface area contributed by atoms with Gasteiger partial charge in [-0.15, -0.1) is 11.3 Å². The molecule has 0 saturated carbocycles. The molecule has 1 aromatic carbocycles. The van der Waals surface area contributed by atoms with Crippen LogP contribution in [0.25, 0.3) is 10.6 Å². The van der Waals surface area contributed by atoms with Gasteiger partial charge in [-0.05, 0) is 57.0 Å². The van der Waals surface area contributed by atoms with Crippen LogP contribution in [0.15, 0.2) is 35.8 Å². The molecule has 0 bridgehead atoms. The van der Waals surface area contributed by atoms with Gasteiger partial charge in [-0.25, -0.2) is 4.98 Å². The van der Waals surface area contributed by atoms with E-state index in [0.29, 0.717) is 0 Å². The van der Waals surface area contributed by atoms with Gasteiger partial charge in [0.1, 0.15) is 10.8 Å². The summed E-state index contributed by atoms with van der Waals surface area (Å²) in [7, 11) is 0. The van der Waals surface area contributed by atoms with E-state index in [1.54, 1.807) is 11.3 Å². The maximum atomic E-state index is 5.83. The van der Waals surface area contributed by atoms with Crippen molar-refractivity contribution in [3.63, 3.8) is 0 Å². The molecule has 0 aliphatic carbocycles. The standard InChI is InChI=1S/C17H22N2OS/c1-14-4-2-10-19(14)11-3-12-20-16-7-5-15(6-8-16)17-18-9-13-21-17/h5-9,13-14H,2-4,10-12H2,1H3. The van der Waals surface area contributed by atoms with Crippen molar-refractivity contribution in [2.24, 2.45) is 0 Å². The van der Waals surface area contributed by atoms with Gasteiger partial charge < -0.3 is 9.64 Å². The first kappa shape index (κ1) is 14.5. The molecule has 2 heterocycles. The number of aromatic nitrogens is 1. The molecule has 3 rings (SSSR count). The predicted octanol–water partition coefficient (Wildman–Crippen LogP) is 4.06. The van der Waals surface area contributed by atoms with Gasteiger partial charge in [-0.3, -0.25) is 0 Å². The number of thiazole rings is 1. The van der Waals surface area contributed by atoms with Gasteiger partial charge >= 0.3 is 0 Å². The van der Waals surface area contributed by atoms with E-state index >= 15 is 0 Å². The van der Waals surface area contributed by atoms with E-state index in [9.17, 15) is 0 Å². The normalized spacial score (nSPS) is 19.0. The minimum Gasteiger partial charge on any atom is -0.494 e. The highest BCUT2D eigenvalue weighted by Crippen LogP contribution is 2.24. The quantitative estimate of drug-likeness (QED) is 0.752. The molecule has 0 N–H and O–H groups in total. The number of nitrogens with zero attached hydrogens (tertiary/aromatic N) is 2. The van der Waals surface area contributed by atoms with Crippen LogP contribution in [0.3, 0.4) is 0 Å². The molecule has 1 aliphatic rings. The lowest BCUT2D eigenvalue weighted by Gasteiger charge is -2.20. The van der Waals surface area contributed by atoms with Crippen LogP contribution in [0.2, 0.25) is 0 Å². The van der Waals surface area contributed by atoms with Crippen molar-refractivity contribution < 1.29 is 4.74 Å². The summed E-state index contributed by atoms with van der Waals surface area (Å²) in [6.07, 6.45) is 5.63. The van der Waals surface area contributed by atoms with Crippen molar-refractivity contribution in [2.75, 3.05) is 19.7 Å². The van der Waals surface area contributed by atoms with E-state index in [0.717, 1.165) is 41.9 Å². The Morgan fingerprint density at radius 3 is 2.86 bits per heavy atom. The second-order valence-electron chi connectivity index (χ2n) is 5.59. The van der Waals surface area contributed by atoms with Crippen molar-refractivity contribution in [2.45, 2.75) is 32.2 Å². The lowest BCUT2D eigenvalue weighted by atomic mass is 10.2. The lowest BCUT2D eigenvalue weighted by molar-refractivity contribution is 0.230. The van der Waals surface area contributed by atoms with Gasteiger partial charge in [-0.2, -0.15) is 0 Å². The molecule has 2 aromatic rings. The Hall–Kier alpha value is -1.39. The number of likely N-dealkylation sites (tertiary alicyclic amines) is 1. The lowest BCUT2D eigenvalue weighted by Crippen LogP contribution is -2.28. The fraction of sp³-hybridized carbons (Fsp3) is 0.471. The summed E-state index contributed by atoms with van der Waals surface area (Å²) >= 11 is 1.66. The summed E-state index contributed by atoms with van der Waals surface area (Å²) in [5.41, 5.74) is 1.16. The SMILES string of the molecule is CC1CCCN1CCCOc1ccc(-c2nccs2)cc1. The van der Waals surface area contributed by atoms with E-state index in [4.69, 9.17) is 4.74 Å². The van der Waals surface area contributed by atoms with Crippen LogP contribution >= 0.6 is 11.3 Å². The molecular weight excluding hydrogens is 280 g/mol. The molecule has 3 nitrogen and oxygen atoms in total. The third kappa shape index (κ3) is 3.83. The zero-order valence-corrected chi connectivity index (χ0v) is 13.3. The maximum absolute atomic E-state index is 5.83. The van der Waals surface area contributed by atoms with E-state index in [2.05, 4.69) is 28.9 Å². The van der Waals surface area contributed by atoms with E-state index in [1.807, 2.05) is 23.7 Å². The van der Waals surface area contributed by atoms with E-state index in [-0.39, 0.29) is 0 Å². The first-order valence-corrected chi connectivity index (χ1v) is 8.58. The monoisotopic (exact) mass is 302 g/mol. The molecule has 1 aromatic heterocycles. The van der Waals surface area contributed by atoms with Gasteiger partial charge in [0.05, 0.1) is 6.61 Å². The molecule has 1 saturated heterocycles. The summed E-state index contributed by atoms with van der Waals surface area (Å²) in [4.78, 5) is 6.88. The second-order valence-corrected chi connectivity index (χ2v) is 6.49. The second kappa shape index (κ2) is 7.05. The maximum Gasteiger partial charge on any atom is 0.123 e. The molecule has 1 aliphatic heterocycles. The Bertz CT molecular complexity index is 538. The highest BCUT2D eigenvalue weighted by Gasteiger charge is 2.18. The average molecular weight is 302 g/mol. The summed E-state index contributed by atoms with van der Waals surface area (Å²) in [6.45, 7) is 5.52. The van der Waals surface area contributed by atoms with Crippen molar-refractivity contribution in [3.8, 4) is 16.3 Å². The average Bonchev–Trinajstić information content (AvgIpc) is 3.16. The van der Waals surface area contributed by atoms with Crippen LogP contribution in [0.1, 0.15) is 26.2 Å². The Morgan fingerprint density at radius 1 is 1.33 bits per heavy atom. The van der Waals surface area contributed by atoms with E-state index < -0.39 is 0 Å². The van der Waals surface area contributed by atoms with Crippen molar-refractivity contribution in [3.05, 3.63) is 35.8 Å². The summed E-state index contributed by atoms with van der Waals surface area (Å²) in [5, 5.41) is 3.06. The van der Waals surface area contributed by atoms with Gasteiger partial charge in [0.15, 0.2) is 0 Å².